The van der Waals surface area contributed by atoms with Crippen LogP contribution in [0.1, 0.15) is 18.4 Å². The predicted molar refractivity (Wildman–Crippen MR) is 69.5 cm³/mol. The molecule has 5 heteroatoms. The van der Waals surface area contributed by atoms with Crippen LogP contribution in [0.4, 0.5) is 0 Å². The highest BCUT2D eigenvalue weighted by molar-refractivity contribution is 5.94. The molecule has 1 aliphatic rings. The van der Waals surface area contributed by atoms with Crippen LogP contribution in [0.5, 0.6) is 0 Å². The highest BCUT2D eigenvalue weighted by Crippen LogP contribution is 2.27. The number of ether oxygens (including phenoxy) is 2. The van der Waals surface area contributed by atoms with E-state index in [1.807, 2.05) is 30.3 Å². The lowest BCUT2D eigenvalue weighted by molar-refractivity contribution is -0.173. The van der Waals surface area contributed by atoms with E-state index in [0.29, 0.717) is 6.29 Å². The molecule has 1 atom stereocenters. The molecule has 5 nitrogen and oxygen atoms in total. The molecule has 0 radical (unpaired) electrons. The number of carbonyl (C=O) groups excluding carboxylic acids is 3. The van der Waals surface area contributed by atoms with Gasteiger partial charge < -0.3 is 14.3 Å². The Balaban J connectivity index is 2.02. The van der Waals surface area contributed by atoms with E-state index in [4.69, 9.17) is 9.47 Å². The quantitative estimate of drug-likeness (QED) is 0.581. The molecule has 0 saturated carbocycles. The topological polar surface area (TPSA) is 69.7 Å². The molecule has 1 aromatic carbocycles. The molecule has 0 spiro atoms. The van der Waals surface area contributed by atoms with Gasteiger partial charge in [-0.1, -0.05) is 30.3 Å². The van der Waals surface area contributed by atoms with Crippen LogP contribution in [0.25, 0.3) is 0 Å². The molecule has 104 valence electrons. The summed E-state index contributed by atoms with van der Waals surface area (Å²) < 4.78 is 10.2. The van der Waals surface area contributed by atoms with Crippen molar-refractivity contribution in [3.8, 4) is 0 Å². The maximum Gasteiger partial charge on any atom is 0.355 e. The van der Waals surface area contributed by atoms with Crippen LogP contribution in [0.15, 0.2) is 42.5 Å². The van der Waals surface area contributed by atoms with Crippen LogP contribution >= 0.6 is 0 Å². The summed E-state index contributed by atoms with van der Waals surface area (Å²) in [5.74, 6) is -1.27. The van der Waals surface area contributed by atoms with Gasteiger partial charge in [0.1, 0.15) is 12.9 Å². The van der Waals surface area contributed by atoms with Crippen LogP contribution in [-0.2, 0) is 30.5 Å². The Morgan fingerprint density at radius 3 is 2.65 bits per heavy atom. The molecule has 20 heavy (non-hydrogen) atoms. The molecule has 0 N–H and O–H groups in total. The van der Waals surface area contributed by atoms with E-state index < -0.39 is 17.5 Å². The van der Waals surface area contributed by atoms with E-state index in [0.717, 1.165) is 5.56 Å². The molecule has 0 amide bonds. The first kappa shape index (κ1) is 14.0. The fourth-order valence-electron chi connectivity index (χ4n) is 1.91. The first-order chi connectivity index (χ1) is 9.66. The molecule has 0 saturated heterocycles. The van der Waals surface area contributed by atoms with Crippen molar-refractivity contribution in [2.45, 2.75) is 25.0 Å². The van der Waals surface area contributed by atoms with Gasteiger partial charge in [0.05, 0.1) is 0 Å². The Labute approximate surface area is 116 Å². The van der Waals surface area contributed by atoms with E-state index in [1.54, 1.807) is 0 Å². The summed E-state index contributed by atoms with van der Waals surface area (Å²) in [5, 5.41) is 0. The van der Waals surface area contributed by atoms with E-state index in [9.17, 15) is 14.4 Å². The van der Waals surface area contributed by atoms with Gasteiger partial charge in [-0.2, -0.15) is 0 Å². The third-order valence-corrected chi connectivity index (χ3v) is 2.96. The summed E-state index contributed by atoms with van der Waals surface area (Å²) in [7, 11) is 0. The molecule has 0 aromatic heterocycles. The predicted octanol–water partition coefficient (Wildman–Crippen LogP) is 1.56. The molecule has 0 unspecified atom stereocenters. The van der Waals surface area contributed by atoms with Gasteiger partial charge in [-0.05, 0) is 11.6 Å². The summed E-state index contributed by atoms with van der Waals surface area (Å²) in [6, 6.07) is 9.17. The standard InChI is InChI=1S/C15H14O5/c16-10-4-8-15(9-7-13(17)20-15)14(18)19-11-12-5-2-1-3-6-12/h1-3,5-7,9-10H,4,8,11H2/t15-/m1/s1. The third kappa shape index (κ3) is 3.12. The van der Waals surface area contributed by atoms with Crippen molar-refractivity contribution in [2.24, 2.45) is 0 Å². The van der Waals surface area contributed by atoms with Gasteiger partial charge in [0, 0.05) is 18.9 Å². The highest BCUT2D eigenvalue weighted by atomic mass is 16.6. The average molecular weight is 274 g/mol. The zero-order valence-electron chi connectivity index (χ0n) is 10.8. The average Bonchev–Trinajstić information content (AvgIpc) is 2.86. The summed E-state index contributed by atoms with van der Waals surface area (Å²) in [6.07, 6.45) is 3.40. The molecule has 2 rings (SSSR count). The zero-order valence-corrected chi connectivity index (χ0v) is 10.8. The third-order valence-electron chi connectivity index (χ3n) is 2.96. The van der Waals surface area contributed by atoms with Gasteiger partial charge in [-0.25, -0.2) is 9.59 Å². The fourth-order valence-corrected chi connectivity index (χ4v) is 1.91. The Kier molecular flexibility index (Phi) is 4.30. The number of carbonyl (C=O) groups is 3. The first-order valence-corrected chi connectivity index (χ1v) is 6.23. The van der Waals surface area contributed by atoms with Gasteiger partial charge in [0.15, 0.2) is 0 Å². The largest absolute Gasteiger partial charge is 0.458 e. The maximum atomic E-state index is 12.1. The summed E-state index contributed by atoms with van der Waals surface area (Å²) in [4.78, 5) is 33.8. The van der Waals surface area contributed by atoms with Gasteiger partial charge in [-0.15, -0.1) is 0 Å². The molecular formula is C15H14O5. The van der Waals surface area contributed by atoms with E-state index in [2.05, 4.69) is 0 Å². The van der Waals surface area contributed by atoms with Crippen molar-refractivity contribution >= 4 is 18.2 Å². The van der Waals surface area contributed by atoms with Crippen molar-refractivity contribution in [2.75, 3.05) is 0 Å². The van der Waals surface area contributed by atoms with Crippen LogP contribution in [-0.4, -0.2) is 23.8 Å². The fraction of sp³-hybridized carbons (Fsp3) is 0.267. The minimum absolute atomic E-state index is 0.0896. The second kappa shape index (κ2) is 6.14. The number of hydrogen-bond donors (Lipinski definition) is 0. The van der Waals surface area contributed by atoms with Crippen LogP contribution < -0.4 is 0 Å². The Bertz CT molecular complexity index is 534. The molecule has 1 heterocycles. The number of benzene rings is 1. The second-order valence-corrected chi connectivity index (χ2v) is 4.41. The van der Waals surface area contributed by atoms with Gasteiger partial charge in [0.2, 0.25) is 5.60 Å². The lowest BCUT2D eigenvalue weighted by Gasteiger charge is -2.23. The zero-order chi connectivity index (χ0) is 14.4. The Hall–Kier alpha value is -2.43. The minimum atomic E-state index is -1.47. The number of cyclic esters (lactones) is 1. The van der Waals surface area contributed by atoms with Crippen LogP contribution in [0, 0.1) is 0 Å². The Morgan fingerprint density at radius 1 is 1.30 bits per heavy atom. The van der Waals surface area contributed by atoms with Crippen LogP contribution in [0.2, 0.25) is 0 Å². The van der Waals surface area contributed by atoms with Crippen molar-refractivity contribution in [3.05, 3.63) is 48.0 Å². The van der Waals surface area contributed by atoms with Gasteiger partial charge in [-0.3, -0.25) is 0 Å². The summed E-state index contributed by atoms with van der Waals surface area (Å²) >= 11 is 0. The number of aldehydes is 1. The molecule has 0 bridgehead atoms. The monoisotopic (exact) mass is 274 g/mol. The maximum absolute atomic E-state index is 12.1. The van der Waals surface area contributed by atoms with Crippen molar-refractivity contribution in [1.29, 1.82) is 0 Å². The molecule has 1 aromatic rings. The SMILES string of the molecule is O=CCC[C@]1(C(=O)OCc2ccccc2)C=CC(=O)O1. The molecule has 1 aliphatic heterocycles. The molecule has 0 aliphatic carbocycles. The van der Waals surface area contributed by atoms with E-state index >= 15 is 0 Å². The lowest BCUT2D eigenvalue weighted by Crippen LogP contribution is -2.39. The summed E-state index contributed by atoms with van der Waals surface area (Å²) in [6.45, 7) is 0.0912. The van der Waals surface area contributed by atoms with Gasteiger partial charge in [0.25, 0.3) is 0 Å². The molecule has 0 fully saturated rings. The van der Waals surface area contributed by atoms with E-state index in [1.165, 1.54) is 12.2 Å². The highest BCUT2D eigenvalue weighted by Gasteiger charge is 2.44. The van der Waals surface area contributed by atoms with Crippen molar-refractivity contribution in [1.82, 2.24) is 0 Å². The normalized spacial score (nSPS) is 20.5. The number of rotatable bonds is 6. The summed E-state index contributed by atoms with van der Waals surface area (Å²) in [5.41, 5.74) is -0.632. The molecular weight excluding hydrogens is 260 g/mol. The smallest absolute Gasteiger partial charge is 0.355 e. The lowest BCUT2D eigenvalue weighted by atomic mass is 9.98. The number of esters is 2. The second-order valence-electron chi connectivity index (χ2n) is 4.41. The minimum Gasteiger partial charge on any atom is -0.458 e. The Morgan fingerprint density at radius 2 is 2.05 bits per heavy atom. The van der Waals surface area contributed by atoms with Gasteiger partial charge >= 0.3 is 11.9 Å². The van der Waals surface area contributed by atoms with Crippen LogP contribution in [0.3, 0.4) is 0 Å². The van der Waals surface area contributed by atoms with Crippen molar-refractivity contribution < 1.29 is 23.9 Å². The van der Waals surface area contributed by atoms with Crippen molar-refractivity contribution in [3.63, 3.8) is 0 Å². The van der Waals surface area contributed by atoms with E-state index in [-0.39, 0.29) is 19.4 Å². The first-order valence-electron chi connectivity index (χ1n) is 6.23. The number of hydrogen-bond acceptors (Lipinski definition) is 5.